The fourth-order valence-electron chi connectivity index (χ4n) is 1.64. The Morgan fingerprint density at radius 1 is 1.21 bits per heavy atom. The number of aromatic nitrogens is 5. The zero-order chi connectivity index (χ0) is 13.1. The molecule has 0 amide bonds. The van der Waals surface area contributed by atoms with Crippen LogP contribution in [0.5, 0.6) is 0 Å². The second kappa shape index (κ2) is 5.19. The molecule has 2 aromatic heterocycles. The van der Waals surface area contributed by atoms with E-state index < -0.39 is 0 Å². The number of nitrogens with zero attached hydrogens (tertiary/aromatic N) is 5. The quantitative estimate of drug-likeness (QED) is 0.682. The molecule has 0 aliphatic carbocycles. The molecule has 3 rings (SSSR count). The van der Waals surface area contributed by atoms with Gasteiger partial charge in [-0.3, -0.25) is 0 Å². The van der Waals surface area contributed by atoms with Crippen molar-refractivity contribution in [2.45, 2.75) is 12.4 Å². The molecule has 0 unspecified atom stereocenters. The Morgan fingerprint density at radius 2 is 2.05 bits per heavy atom. The van der Waals surface area contributed by atoms with E-state index in [0.717, 1.165) is 5.56 Å². The maximum atomic E-state index is 5.66. The lowest BCUT2D eigenvalue weighted by Crippen LogP contribution is -2.02. The van der Waals surface area contributed by atoms with Crippen LogP contribution in [0.2, 0.25) is 0 Å². The van der Waals surface area contributed by atoms with Crippen LogP contribution in [0, 0.1) is 0 Å². The van der Waals surface area contributed by atoms with E-state index in [9.17, 15) is 0 Å². The van der Waals surface area contributed by atoms with Crippen molar-refractivity contribution in [2.75, 3.05) is 0 Å². The molecule has 0 saturated carbocycles. The summed E-state index contributed by atoms with van der Waals surface area (Å²) in [5.41, 5.74) is 1.61. The van der Waals surface area contributed by atoms with E-state index in [0.29, 0.717) is 29.8 Å². The minimum Gasteiger partial charge on any atom is -0.334 e. The molecule has 0 fully saturated rings. The first-order valence-electron chi connectivity index (χ1n) is 5.68. The van der Waals surface area contributed by atoms with Gasteiger partial charge in [0.05, 0.1) is 17.8 Å². The summed E-state index contributed by atoms with van der Waals surface area (Å²) in [6.45, 7) is 0.403. The molecule has 0 saturated heterocycles. The normalized spacial score (nSPS) is 10.8. The van der Waals surface area contributed by atoms with Crippen LogP contribution in [0.3, 0.4) is 0 Å². The average molecular weight is 276 g/mol. The maximum absolute atomic E-state index is 5.66. The zero-order valence-corrected chi connectivity index (χ0v) is 10.7. The van der Waals surface area contributed by atoms with Gasteiger partial charge in [0.2, 0.25) is 0 Å². The lowest BCUT2D eigenvalue weighted by molar-refractivity contribution is 0.418. The SMILES string of the molecule is ClCc1cn(Cc2noc(-c3ccccc3)n2)nn1. The molecule has 0 aliphatic heterocycles. The van der Waals surface area contributed by atoms with Crippen LogP contribution >= 0.6 is 11.6 Å². The van der Waals surface area contributed by atoms with Crippen molar-refractivity contribution < 1.29 is 4.52 Å². The Kier molecular flexibility index (Phi) is 3.24. The lowest BCUT2D eigenvalue weighted by Gasteiger charge is -1.92. The second-order valence-corrected chi connectivity index (χ2v) is 4.19. The summed E-state index contributed by atoms with van der Waals surface area (Å²) in [6.07, 6.45) is 1.76. The van der Waals surface area contributed by atoms with Crippen LogP contribution in [0.25, 0.3) is 11.5 Å². The largest absolute Gasteiger partial charge is 0.334 e. The fraction of sp³-hybridized carbons (Fsp3) is 0.167. The van der Waals surface area contributed by atoms with Crippen LogP contribution in [0.4, 0.5) is 0 Å². The topological polar surface area (TPSA) is 69.6 Å². The molecule has 0 spiro atoms. The monoisotopic (exact) mass is 275 g/mol. The summed E-state index contributed by atoms with van der Waals surface area (Å²) in [7, 11) is 0. The van der Waals surface area contributed by atoms with E-state index in [1.807, 2.05) is 30.3 Å². The summed E-state index contributed by atoms with van der Waals surface area (Å²) in [5.74, 6) is 1.37. The highest BCUT2D eigenvalue weighted by Gasteiger charge is 2.09. The second-order valence-electron chi connectivity index (χ2n) is 3.92. The lowest BCUT2D eigenvalue weighted by atomic mass is 10.2. The van der Waals surface area contributed by atoms with Gasteiger partial charge >= 0.3 is 0 Å². The van der Waals surface area contributed by atoms with E-state index in [4.69, 9.17) is 16.1 Å². The number of hydrogen-bond donors (Lipinski definition) is 0. The Morgan fingerprint density at radius 3 is 2.79 bits per heavy atom. The number of alkyl halides is 1. The van der Waals surface area contributed by atoms with Gasteiger partial charge in [0, 0.05) is 5.56 Å². The van der Waals surface area contributed by atoms with Crippen molar-refractivity contribution in [3.63, 3.8) is 0 Å². The first-order valence-corrected chi connectivity index (χ1v) is 6.21. The Balaban J connectivity index is 1.78. The molecule has 1 aromatic carbocycles. The third kappa shape index (κ3) is 2.63. The van der Waals surface area contributed by atoms with Crippen molar-refractivity contribution in [3.8, 4) is 11.5 Å². The third-order valence-electron chi connectivity index (χ3n) is 2.52. The molecule has 96 valence electrons. The van der Waals surface area contributed by atoms with E-state index in [1.165, 1.54) is 0 Å². The van der Waals surface area contributed by atoms with Gasteiger partial charge in [0.15, 0.2) is 5.82 Å². The molecular formula is C12H10ClN5O. The smallest absolute Gasteiger partial charge is 0.257 e. The number of rotatable bonds is 4. The van der Waals surface area contributed by atoms with Gasteiger partial charge in [-0.05, 0) is 12.1 Å². The summed E-state index contributed by atoms with van der Waals surface area (Å²) in [6, 6.07) is 9.60. The van der Waals surface area contributed by atoms with Gasteiger partial charge in [-0.2, -0.15) is 4.98 Å². The minimum absolute atomic E-state index is 0.335. The molecule has 0 aliphatic rings. The molecule has 0 N–H and O–H groups in total. The Labute approximate surface area is 114 Å². The predicted octanol–water partition coefficient (Wildman–Crippen LogP) is 2.12. The molecule has 3 aromatic rings. The summed E-state index contributed by atoms with van der Waals surface area (Å²) in [4.78, 5) is 4.31. The van der Waals surface area contributed by atoms with Crippen LogP contribution < -0.4 is 0 Å². The molecule has 0 bridgehead atoms. The van der Waals surface area contributed by atoms with Gasteiger partial charge in [-0.25, -0.2) is 4.68 Å². The zero-order valence-electron chi connectivity index (χ0n) is 9.90. The molecule has 0 atom stereocenters. The van der Waals surface area contributed by atoms with Gasteiger partial charge in [0.25, 0.3) is 5.89 Å². The van der Waals surface area contributed by atoms with Gasteiger partial charge in [-0.15, -0.1) is 16.7 Å². The first kappa shape index (κ1) is 11.9. The van der Waals surface area contributed by atoms with Crippen LogP contribution in [-0.4, -0.2) is 25.1 Å². The molecule has 2 heterocycles. The summed E-state index contributed by atoms with van der Waals surface area (Å²) < 4.78 is 6.83. The van der Waals surface area contributed by atoms with Crippen molar-refractivity contribution in [3.05, 3.63) is 48.0 Å². The minimum atomic E-state index is 0.335. The van der Waals surface area contributed by atoms with E-state index >= 15 is 0 Å². The van der Waals surface area contributed by atoms with Gasteiger partial charge < -0.3 is 4.52 Å². The predicted molar refractivity (Wildman–Crippen MR) is 68.4 cm³/mol. The average Bonchev–Trinajstić information content (AvgIpc) is 3.09. The van der Waals surface area contributed by atoms with Crippen molar-refractivity contribution in [1.29, 1.82) is 0 Å². The maximum Gasteiger partial charge on any atom is 0.257 e. The number of hydrogen-bond acceptors (Lipinski definition) is 5. The fourth-order valence-corrected chi connectivity index (χ4v) is 1.76. The summed E-state index contributed by atoms with van der Waals surface area (Å²) in [5, 5.41) is 11.7. The van der Waals surface area contributed by atoms with E-state index in [1.54, 1.807) is 10.9 Å². The molecule has 7 heteroatoms. The molecular weight excluding hydrogens is 266 g/mol. The number of benzene rings is 1. The van der Waals surface area contributed by atoms with Crippen LogP contribution in [0.1, 0.15) is 11.5 Å². The Bertz CT molecular complexity index is 664. The molecule has 19 heavy (non-hydrogen) atoms. The first-order chi connectivity index (χ1) is 9.35. The van der Waals surface area contributed by atoms with Gasteiger partial charge in [-0.1, -0.05) is 28.6 Å². The van der Waals surface area contributed by atoms with E-state index in [2.05, 4.69) is 20.5 Å². The van der Waals surface area contributed by atoms with Gasteiger partial charge in [0.1, 0.15) is 6.54 Å². The highest BCUT2D eigenvalue weighted by molar-refractivity contribution is 6.16. The standard InChI is InChI=1S/C12H10ClN5O/c13-6-10-7-18(17-15-10)8-11-14-12(19-16-11)9-4-2-1-3-5-9/h1-5,7H,6,8H2. The highest BCUT2D eigenvalue weighted by atomic mass is 35.5. The van der Waals surface area contributed by atoms with Crippen LogP contribution in [-0.2, 0) is 12.4 Å². The highest BCUT2D eigenvalue weighted by Crippen LogP contribution is 2.16. The number of halogens is 1. The van der Waals surface area contributed by atoms with Crippen molar-refractivity contribution in [1.82, 2.24) is 25.1 Å². The Hall–Kier alpha value is -2.21. The van der Waals surface area contributed by atoms with Crippen molar-refractivity contribution >= 4 is 11.6 Å². The third-order valence-corrected chi connectivity index (χ3v) is 2.79. The van der Waals surface area contributed by atoms with Crippen LogP contribution in [0.15, 0.2) is 41.1 Å². The van der Waals surface area contributed by atoms with E-state index in [-0.39, 0.29) is 0 Å². The molecule has 6 nitrogen and oxygen atoms in total. The van der Waals surface area contributed by atoms with Crippen molar-refractivity contribution in [2.24, 2.45) is 0 Å². The summed E-state index contributed by atoms with van der Waals surface area (Å²) >= 11 is 5.66. The molecule has 0 radical (unpaired) electrons.